The fourth-order valence-electron chi connectivity index (χ4n) is 5.11. The molecule has 0 aromatic carbocycles. The lowest BCUT2D eigenvalue weighted by Crippen LogP contribution is -2.67. The first-order chi connectivity index (χ1) is 22.8. The molecule has 20 heteroatoms. The first-order valence-electron chi connectivity index (χ1n) is 16.0. The molecule has 282 valence electrons. The van der Waals surface area contributed by atoms with Crippen molar-refractivity contribution in [2.75, 3.05) is 37.7 Å². The Balaban J connectivity index is 1.65. The Morgan fingerprint density at radius 3 is 2.20 bits per heavy atom. The van der Waals surface area contributed by atoms with Crippen LogP contribution in [0.2, 0.25) is 0 Å². The number of aliphatic hydroxyl groups excluding tert-OH is 5. The summed E-state index contributed by atoms with van der Waals surface area (Å²) < 4.78 is 11.4. The summed E-state index contributed by atoms with van der Waals surface area (Å²) in [5.41, 5.74) is 16.8. The third kappa shape index (κ3) is 13.3. The van der Waals surface area contributed by atoms with Crippen LogP contribution in [0.25, 0.3) is 0 Å². The van der Waals surface area contributed by atoms with Crippen LogP contribution in [0, 0.1) is 5.41 Å². The standard InChI is InChI=1S/C29H53N7O12S/c1-13(37)8-18(39)36-12-29(2,3)26(45)27(46)34-5-4-17(38)33-6-7-49-11-19(40)35-10-16-22(42)23(43)20(32)28(47-16)48-25-15(31)9-14(30)21(41)24(25)44/h14-16,20-26,28,41-45H,4-12,30-32H2,1-3H3,(H,33,38)(H,34,46)(H,35,40)(H,36,39)/t14-,15+,16-,20-,21+,22-,23-,24-,25-,26+,28-/m1/s1. The Hall–Kier alpha value is -2.50. The van der Waals surface area contributed by atoms with Crippen molar-refractivity contribution in [1.29, 1.82) is 0 Å². The number of thioether (sulfide) groups is 1. The summed E-state index contributed by atoms with van der Waals surface area (Å²) in [5, 5.41) is 62.0. The molecule has 1 aliphatic carbocycles. The van der Waals surface area contributed by atoms with Crippen LogP contribution >= 0.6 is 11.8 Å². The van der Waals surface area contributed by atoms with Crippen LogP contribution in [0.4, 0.5) is 0 Å². The van der Waals surface area contributed by atoms with Gasteiger partial charge in [-0.2, -0.15) is 11.8 Å². The van der Waals surface area contributed by atoms with Gasteiger partial charge in [0.15, 0.2) is 6.29 Å². The van der Waals surface area contributed by atoms with E-state index in [1.165, 1.54) is 18.7 Å². The predicted molar refractivity (Wildman–Crippen MR) is 175 cm³/mol. The Bertz CT molecular complexity index is 1140. The molecule has 0 spiro atoms. The summed E-state index contributed by atoms with van der Waals surface area (Å²) in [6, 6.07) is -2.75. The van der Waals surface area contributed by atoms with Crippen LogP contribution in [-0.4, -0.2) is 160 Å². The van der Waals surface area contributed by atoms with Crippen molar-refractivity contribution in [1.82, 2.24) is 21.3 Å². The highest BCUT2D eigenvalue weighted by Crippen LogP contribution is 2.27. The summed E-state index contributed by atoms with van der Waals surface area (Å²) >= 11 is 1.21. The molecule has 0 aromatic rings. The fourth-order valence-corrected chi connectivity index (χ4v) is 5.79. The van der Waals surface area contributed by atoms with Gasteiger partial charge in [-0.3, -0.25) is 24.0 Å². The zero-order valence-corrected chi connectivity index (χ0v) is 28.8. The van der Waals surface area contributed by atoms with Gasteiger partial charge in [0.05, 0.1) is 24.3 Å². The molecule has 0 radical (unpaired) electrons. The van der Waals surface area contributed by atoms with Gasteiger partial charge in [0.2, 0.25) is 23.6 Å². The van der Waals surface area contributed by atoms with Gasteiger partial charge >= 0.3 is 0 Å². The van der Waals surface area contributed by atoms with E-state index >= 15 is 0 Å². The molecule has 0 unspecified atom stereocenters. The summed E-state index contributed by atoms with van der Waals surface area (Å²) in [6.07, 6.45) is -11.0. The van der Waals surface area contributed by atoms with Gasteiger partial charge in [0.1, 0.15) is 42.4 Å². The predicted octanol–water partition coefficient (Wildman–Crippen LogP) is -6.12. The highest BCUT2D eigenvalue weighted by Gasteiger charge is 2.48. The smallest absolute Gasteiger partial charge is 0.249 e. The highest BCUT2D eigenvalue weighted by molar-refractivity contribution is 7.99. The number of nitrogens with two attached hydrogens (primary N) is 3. The van der Waals surface area contributed by atoms with Gasteiger partial charge < -0.3 is 73.5 Å². The first-order valence-corrected chi connectivity index (χ1v) is 17.1. The number of hydrogen-bond donors (Lipinski definition) is 12. The summed E-state index contributed by atoms with van der Waals surface area (Å²) in [4.78, 5) is 59.5. The van der Waals surface area contributed by atoms with E-state index in [1.807, 2.05) is 0 Å². The van der Waals surface area contributed by atoms with Crippen LogP contribution in [0.1, 0.15) is 40.0 Å². The third-order valence-electron chi connectivity index (χ3n) is 8.22. The Morgan fingerprint density at radius 1 is 0.878 bits per heavy atom. The average Bonchev–Trinajstić information content (AvgIpc) is 3.03. The van der Waals surface area contributed by atoms with Crippen LogP contribution < -0.4 is 38.5 Å². The van der Waals surface area contributed by atoms with Crippen molar-refractivity contribution < 1.29 is 59.0 Å². The summed E-state index contributed by atoms with van der Waals surface area (Å²) in [7, 11) is 0. The second kappa shape index (κ2) is 19.8. The van der Waals surface area contributed by atoms with Gasteiger partial charge in [0, 0.05) is 55.9 Å². The highest BCUT2D eigenvalue weighted by atomic mass is 32.2. The minimum atomic E-state index is -1.49. The van der Waals surface area contributed by atoms with Gasteiger partial charge in [-0.05, 0) is 13.3 Å². The number of carbonyl (C=O) groups is 5. The Labute approximate surface area is 288 Å². The number of rotatable bonds is 18. The zero-order valence-electron chi connectivity index (χ0n) is 27.9. The lowest BCUT2D eigenvalue weighted by molar-refractivity contribution is -0.288. The van der Waals surface area contributed by atoms with Crippen molar-refractivity contribution >= 4 is 41.2 Å². The van der Waals surface area contributed by atoms with Gasteiger partial charge in [0.25, 0.3) is 0 Å². The molecule has 1 aliphatic heterocycles. The molecule has 4 amide bonds. The van der Waals surface area contributed by atoms with Gasteiger partial charge in [-0.25, -0.2) is 0 Å². The average molecular weight is 724 g/mol. The molecule has 2 rings (SSSR count). The molecule has 11 atom stereocenters. The molecule has 0 bridgehead atoms. The number of ketones is 1. The Kier molecular flexibility index (Phi) is 17.2. The summed E-state index contributed by atoms with van der Waals surface area (Å²) in [6.45, 7) is 4.34. The summed E-state index contributed by atoms with van der Waals surface area (Å²) in [5.74, 6) is -1.96. The van der Waals surface area contributed by atoms with Crippen molar-refractivity contribution in [2.24, 2.45) is 22.6 Å². The maximum absolute atomic E-state index is 12.4. The van der Waals surface area contributed by atoms with E-state index < -0.39 is 90.3 Å². The Morgan fingerprint density at radius 2 is 1.55 bits per heavy atom. The number of Topliss-reactive ketones (excluding diaryl/α,β-unsaturated/α-hetero) is 1. The molecule has 49 heavy (non-hydrogen) atoms. The lowest BCUT2D eigenvalue weighted by atomic mass is 9.84. The number of nitrogens with one attached hydrogen (secondary N) is 4. The van der Waals surface area contributed by atoms with E-state index in [4.69, 9.17) is 26.7 Å². The molecule has 19 nitrogen and oxygen atoms in total. The van der Waals surface area contributed by atoms with Gasteiger partial charge in [-0.15, -0.1) is 0 Å². The minimum Gasteiger partial charge on any atom is -0.389 e. The number of amides is 4. The second-order valence-corrected chi connectivity index (χ2v) is 14.1. The molecular formula is C29H53N7O12S. The van der Waals surface area contributed by atoms with Gasteiger partial charge in [-0.1, -0.05) is 13.8 Å². The second-order valence-electron chi connectivity index (χ2n) is 13.0. The number of hydrogen-bond acceptors (Lipinski definition) is 16. The van der Waals surface area contributed by atoms with E-state index in [0.717, 1.165) is 0 Å². The zero-order chi connectivity index (χ0) is 37.1. The van der Waals surface area contributed by atoms with Crippen molar-refractivity contribution in [2.45, 2.75) is 107 Å². The molecule has 0 aromatic heterocycles. The fraction of sp³-hybridized carbons (Fsp3) is 0.828. The van der Waals surface area contributed by atoms with E-state index in [2.05, 4.69) is 21.3 Å². The van der Waals surface area contributed by atoms with E-state index in [0.29, 0.717) is 5.75 Å². The maximum Gasteiger partial charge on any atom is 0.249 e. The first kappa shape index (κ1) is 42.7. The molecular weight excluding hydrogens is 670 g/mol. The molecule has 1 heterocycles. The SMILES string of the molecule is CC(=O)CC(=O)NCC(C)(C)[C@@H](O)C(=O)NCCC(=O)NCCSCC(=O)NC[C@H]1O[C@H](O[C@H]2[C@H](O)[C@@H](O)[C@H](N)C[C@@H]2N)[C@H](N)[C@@H](O)[C@@H]1O. The molecule has 2 fully saturated rings. The number of ether oxygens (including phenoxy) is 2. The van der Waals surface area contributed by atoms with Crippen LogP contribution in [0.5, 0.6) is 0 Å². The number of aliphatic hydroxyl groups is 5. The molecule has 15 N–H and O–H groups in total. The third-order valence-corrected chi connectivity index (χ3v) is 9.18. The van der Waals surface area contributed by atoms with E-state index in [1.54, 1.807) is 13.8 Å². The molecule has 2 aliphatic rings. The van der Waals surface area contributed by atoms with Crippen molar-refractivity contribution in [3.8, 4) is 0 Å². The largest absolute Gasteiger partial charge is 0.389 e. The van der Waals surface area contributed by atoms with Crippen LogP contribution in [0.3, 0.4) is 0 Å². The molecule has 1 saturated carbocycles. The number of carbonyl (C=O) groups excluding carboxylic acids is 5. The van der Waals surface area contributed by atoms with Crippen LogP contribution in [0.15, 0.2) is 0 Å². The maximum atomic E-state index is 12.4. The van der Waals surface area contributed by atoms with Crippen molar-refractivity contribution in [3.05, 3.63) is 0 Å². The molecule has 1 saturated heterocycles. The quantitative estimate of drug-likeness (QED) is 0.0462. The lowest BCUT2D eigenvalue weighted by Gasteiger charge is -2.45. The monoisotopic (exact) mass is 723 g/mol. The minimum absolute atomic E-state index is 0.000876. The van der Waals surface area contributed by atoms with E-state index in [-0.39, 0.29) is 62.9 Å². The van der Waals surface area contributed by atoms with Crippen LogP contribution in [-0.2, 0) is 33.4 Å². The van der Waals surface area contributed by atoms with E-state index in [9.17, 15) is 49.5 Å². The van der Waals surface area contributed by atoms with Crippen molar-refractivity contribution in [3.63, 3.8) is 0 Å². The topological polar surface area (TPSA) is 331 Å². The normalized spacial score (nSPS) is 30.9.